The highest BCUT2D eigenvalue weighted by Gasteiger charge is 2.08. The predicted molar refractivity (Wildman–Crippen MR) is 68.8 cm³/mol. The number of ether oxygens (including phenoxy) is 1. The van der Waals surface area contributed by atoms with Gasteiger partial charge in [-0.05, 0) is 29.8 Å². The molecule has 0 aliphatic carbocycles. The van der Waals surface area contributed by atoms with Crippen molar-refractivity contribution < 1.29 is 9.53 Å². The maximum atomic E-state index is 11.7. The third kappa shape index (κ3) is 4.17. The molecule has 0 saturated heterocycles. The first-order valence-electron chi connectivity index (χ1n) is 6.07. The highest BCUT2D eigenvalue weighted by atomic mass is 16.5. The Morgan fingerprint density at radius 3 is 2.95 bits per heavy atom. The highest BCUT2D eigenvalue weighted by molar-refractivity contribution is 5.80. The Bertz CT molecular complexity index is 565. The fourth-order valence-corrected chi connectivity index (χ4v) is 1.65. The number of Topliss-reactive ketones (excluding diaryl/α,β-unsaturated/α-hetero) is 1. The molecule has 0 aliphatic rings. The van der Waals surface area contributed by atoms with Gasteiger partial charge in [-0.3, -0.25) is 4.79 Å². The molecule has 1 aromatic heterocycles. The summed E-state index contributed by atoms with van der Waals surface area (Å²) in [5.41, 5.74) is 1.13. The number of rotatable bonds is 6. The SMILES string of the molecule is Cc1cccc(OCCC(=O)Cc2nnn(C)n2)c1. The summed E-state index contributed by atoms with van der Waals surface area (Å²) in [6.07, 6.45) is 0.539. The minimum absolute atomic E-state index is 0.0423. The van der Waals surface area contributed by atoms with Gasteiger partial charge in [-0.25, -0.2) is 0 Å². The number of benzene rings is 1. The van der Waals surface area contributed by atoms with E-state index in [1.165, 1.54) is 4.80 Å². The molecule has 19 heavy (non-hydrogen) atoms. The third-order valence-electron chi connectivity index (χ3n) is 2.54. The number of aromatic nitrogens is 4. The van der Waals surface area contributed by atoms with E-state index in [1.807, 2.05) is 31.2 Å². The first kappa shape index (κ1) is 13.2. The van der Waals surface area contributed by atoms with Crippen LogP contribution >= 0.6 is 0 Å². The standard InChI is InChI=1S/C13H16N4O2/c1-10-4-3-5-12(8-10)19-7-6-11(18)9-13-14-16-17(2)15-13/h3-5,8H,6-7,9H2,1-2H3. The molecule has 2 aromatic rings. The van der Waals surface area contributed by atoms with E-state index in [2.05, 4.69) is 15.4 Å². The monoisotopic (exact) mass is 260 g/mol. The number of carbonyl (C=O) groups excluding carboxylic acids is 1. The van der Waals surface area contributed by atoms with E-state index < -0.39 is 0 Å². The molecular formula is C13H16N4O2. The molecule has 6 heteroatoms. The first-order chi connectivity index (χ1) is 9.13. The van der Waals surface area contributed by atoms with Crippen LogP contribution in [0.5, 0.6) is 5.75 Å². The topological polar surface area (TPSA) is 69.9 Å². The molecule has 1 aromatic carbocycles. The van der Waals surface area contributed by atoms with Crippen molar-refractivity contribution in [1.29, 1.82) is 0 Å². The molecule has 0 atom stereocenters. The van der Waals surface area contributed by atoms with Crippen LogP contribution < -0.4 is 4.74 Å². The summed E-state index contributed by atoms with van der Waals surface area (Å²) >= 11 is 0. The van der Waals surface area contributed by atoms with Gasteiger partial charge in [0, 0.05) is 6.42 Å². The van der Waals surface area contributed by atoms with E-state index in [0.717, 1.165) is 11.3 Å². The lowest BCUT2D eigenvalue weighted by atomic mass is 10.2. The van der Waals surface area contributed by atoms with Gasteiger partial charge in [0.25, 0.3) is 0 Å². The predicted octanol–water partition coefficient (Wildman–Crippen LogP) is 1.10. The van der Waals surface area contributed by atoms with Crippen molar-refractivity contribution in [3.8, 4) is 5.75 Å². The Labute approximate surface area is 111 Å². The van der Waals surface area contributed by atoms with Crippen molar-refractivity contribution in [2.24, 2.45) is 7.05 Å². The maximum absolute atomic E-state index is 11.7. The van der Waals surface area contributed by atoms with Gasteiger partial charge in [-0.15, -0.1) is 10.2 Å². The molecule has 0 bridgehead atoms. The Morgan fingerprint density at radius 2 is 2.26 bits per heavy atom. The van der Waals surface area contributed by atoms with Crippen LogP contribution in [0, 0.1) is 6.92 Å². The number of tetrazole rings is 1. The summed E-state index contributed by atoms with van der Waals surface area (Å²) in [7, 11) is 1.67. The Morgan fingerprint density at radius 1 is 1.42 bits per heavy atom. The molecule has 0 spiro atoms. The number of carbonyl (C=O) groups is 1. The lowest BCUT2D eigenvalue weighted by Gasteiger charge is -2.05. The van der Waals surface area contributed by atoms with Gasteiger partial charge >= 0.3 is 0 Å². The van der Waals surface area contributed by atoms with Crippen LogP contribution in [0.25, 0.3) is 0 Å². The average Bonchev–Trinajstić information content (AvgIpc) is 2.75. The van der Waals surface area contributed by atoms with Gasteiger partial charge in [-0.2, -0.15) is 4.80 Å². The van der Waals surface area contributed by atoms with Crippen molar-refractivity contribution in [3.05, 3.63) is 35.7 Å². The average molecular weight is 260 g/mol. The van der Waals surface area contributed by atoms with E-state index >= 15 is 0 Å². The third-order valence-corrected chi connectivity index (χ3v) is 2.54. The van der Waals surface area contributed by atoms with Crippen LogP contribution in [0.3, 0.4) is 0 Å². The van der Waals surface area contributed by atoms with Gasteiger partial charge in [0.2, 0.25) is 0 Å². The molecule has 0 unspecified atom stereocenters. The molecule has 0 aliphatic heterocycles. The van der Waals surface area contributed by atoms with Crippen LogP contribution in [0.4, 0.5) is 0 Å². The molecule has 0 amide bonds. The molecular weight excluding hydrogens is 244 g/mol. The van der Waals surface area contributed by atoms with Crippen LogP contribution in [-0.4, -0.2) is 32.6 Å². The minimum Gasteiger partial charge on any atom is -0.493 e. The first-order valence-corrected chi connectivity index (χ1v) is 6.07. The van der Waals surface area contributed by atoms with Crippen molar-refractivity contribution in [2.45, 2.75) is 19.8 Å². The van der Waals surface area contributed by atoms with Gasteiger partial charge < -0.3 is 4.74 Å². The molecule has 2 rings (SSSR count). The summed E-state index contributed by atoms with van der Waals surface area (Å²) in [6.45, 7) is 2.36. The van der Waals surface area contributed by atoms with Gasteiger partial charge in [0.1, 0.15) is 11.5 Å². The fourth-order valence-electron chi connectivity index (χ4n) is 1.65. The number of ketones is 1. The lowest BCUT2D eigenvalue weighted by molar-refractivity contribution is -0.119. The van der Waals surface area contributed by atoms with Crippen LogP contribution in [0.2, 0.25) is 0 Å². The fraction of sp³-hybridized carbons (Fsp3) is 0.385. The van der Waals surface area contributed by atoms with Crippen molar-refractivity contribution in [1.82, 2.24) is 20.2 Å². The number of aryl methyl sites for hydroxylation is 2. The molecule has 0 fully saturated rings. The molecule has 0 N–H and O–H groups in total. The lowest BCUT2D eigenvalue weighted by Crippen LogP contribution is -2.10. The Hall–Kier alpha value is -2.24. The molecule has 6 nitrogen and oxygen atoms in total. The zero-order valence-corrected chi connectivity index (χ0v) is 11.0. The number of hydrogen-bond donors (Lipinski definition) is 0. The summed E-state index contributed by atoms with van der Waals surface area (Å²) in [6, 6.07) is 7.74. The number of nitrogens with zero attached hydrogens (tertiary/aromatic N) is 4. The second kappa shape index (κ2) is 6.08. The van der Waals surface area contributed by atoms with E-state index in [4.69, 9.17) is 4.74 Å². The Kier molecular flexibility index (Phi) is 4.22. The molecule has 0 saturated carbocycles. The van der Waals surface area contributed by atoms with Crippen molar-refractivity contribution in [2.75, 3.05) is 6.61 Å². The van der Waals surface area contributed by atoms with Crippen LogP contribution in [-0.2, 0) is 18.3 Å². The van der Waals surface area contributed by atoms with Crippen molar-refractivity contribution >= 4 is 5.78 Å². The molecule has 0 radical (unpaired) electrons. The summed E-state index contributed by atoms with van der Waals surface area (Å²) in [4.78, 5) is 13.0. The van der Waals surface area contributed by atoms with Gasteiger partial charge in [0.15, 0.2) is 5.82 Å². The number of hydrogen-bond acceptors (Lipinski definition) is 5. The van der Waals surface area contributed by atoms with Crippen LogP contribution in [0.1, 0.15) is 17.8 Å². The maximum Gasteiger partial charge on any atom is 0.182 e. The highest BCUT2D eigenvalue weighted by Crippen LogP contribution is 2.12. The van der Waals surface area contributed by atoms with E-state index in [0.29, 0.717) is 18.9 Å². The minimum atomic E-state index is 0.0423. The molecule has 1 heterocycles. The van der Waals surface area contributed by atoms with E-state index in [1.54, 1.807) is 7.05 Å². The molecule has 100 valence electrons. The van der Waals surface area contributed by atoms with Crippen molar-refractivity contribution in [3.63, 3.8) is 0 Å². The Balaban J connectivity index is 1.75. The van der Waals surface area contributed by atoms with Gasteiger partial charge in [-0.1, -0.05) is 12.1 Å². The summed E-state index contributed by atoms with van der Waals surface area (Å²) in [5.74, 6) is 1.27. The zero-order valence-electron chi connectivity index (χ0n) is 11.0. The largest absolute Gasteiger partial charge is 0.493 e. The zero-order chi connectivity index (χ0) is 13.7. The summed E-state index contributed by atoms with van der Waals surface area (Å²) < 4.78 is 5.52. The normalized spacial score (nSPS) is 10.4. The second-order valence-electron chi connectivity index (χ2n) is 4.33. The quantitative estimate of drug-likeness (QED) is 0.777. The van der Waals surface area contributed by atoms with Gasteiger partial charge in [0.05, 0.1) is 20.1 Å². The second-order valence-corrected chi connectivity index (χ2v) is 4.33. The summed E-state index contributed by atoms with van der Waals surface area (Å²) in [5, 5.41) is 11.4. The smallest absolute Gasteiger partial charge is 0.182 e. The van der Waals surface area contributed by atoms with E-state index in [9.17, 15) is 4.79 Å². The van der Waals surface area contributed by atoms with E-state index in [-0.39, 0.29) is 12.2 Å². The van der Waals surface area contributed by atoms with Crippen LogP contribution in [0.15, 0.2) is 24.3 Å².